The molecule has 19 heavy (non-hydrogen) atoms. The van der Waals surface area contributed by atoms with E-state index in [0.717, 1.165) is 25.7 Å². The van der Waals surface area contributed by atoms with Crippen LogP contribution in [0.2, 0.25) is 0 Å². The number of hydrogen-bond donors (Lipinski definition) is 1. The van der Waals surface area contributed by atoms with E-state index in [1.165, 1.54) is 19.4 Å². The third-order valence-corrected chi connectivity index (χ3v) is 4.36. The first kappa shape index (κ1) is 16.9. The predicted molar refractivity (Wildman–Crippen MR) is 82.6 cm³/mol. The van der Waals surface area contributed by atoms with Gasteiger partial charge in [0.15, 0.2) is 0 Å². The lowest BCUT2D eigenvalue weighted by Crippen LogP contribution is -2.45. The molecule has 0 radical (unpaired) electrons. The average molecular weight is 270 g/mol. The van der Waals surface area contributed by atoms with E-state index < -0.39 is 0 Å². The lowest BCUT2D eigenvalue weighted by molar-refractivity contribution is 0.0473. The lowest BCUT2D eigenvalue weighted by Gasteiger charge is -2.35. The summed E-state index contributed by atoms with van der Waals surface area (Å²) in [5, 5.41) is 3.61. The zero-order valence-corrected chi connectivity index (χ0v) is 13.8. The van der Waals surface area contributed by atoms with Gasteiger partial charge in [-0.15, -0.1) is 0 Å². The van der Waals surface area contributed by atoms with Crippen molar-refractivity contribution in [2.75, 3.05) is 33.4 Å². The maximum absolute atomic E-state index is 5.44. The topological polar surface area (TPSA) is 24.5 Å². The maximum atomic E-state index is 5.44. The van der Waals surface area contributed by atoms with Crippen LogP contribution >= 0.6 is 0 Å². The Labute approximate surface area is 120 Å². The second kappa shape index (κ2) is 7.61. The molecule has 0 amide bonds. The summed E-state index contributed by atoms with van der Waals surface area (Å²) < 4.78 is 5.44. The van der Waals surface area contributed by atoms with Crippen LogP contribution in [0.15, 0.2) is 0 Å². The summed E-state index contributed by atoms with van der Waals surface area (Å²) in [5.41, 5.74) is 0.216. The second-order valence-electron chi connectivity index (χ2n) is 7.34. The van der Waals surface area contributed by atoms with Crippen LogP contribution in [0.4, 0.5) is 0 Å². The minimum absolute atomic E-state index is 0.216. The molecule has 1 aliphatic rings. The fourth-order valence-electron chi connectivity index (χ4n) is 2.57. The third-order valence-electron chi connectivity index (χ3n) is 4.36. The minimum Gasteiger partial charge on any atom is -0.381 e. The van der Waals surface area contributed by atoms with Crippen molar-refractivity contribution in [2.24, 2.45) is 11.8 Å². The second-order valence-corrected chi connectivity index (χ2v) is 7.34. The molecule has 0 aliphatic carbocycles. The van der Waals surface area contributed by atoms with E-state index in [1.54, 1.807) is 0 Å². The molecule has 1 heterocycles. The number of hydrogen-bond acceptors (Lipinski definition) is 3. The van der Waals surface area contributed by atoms with Gasteiger partial charge in [0.25, 0.3) is 0 Å². The van der Waals surface area contributed by atoms with Crippen LogP contribution < -0.4 is 5.32 Å². The van der Waals surface area contributed by atoms with Crippen molar-refractivity contribution in [3.05, 3.63) is 0 Å². The SMILES string of the molecule is CC(CNC(C)(C)C)C(C)N(C)CC1CCOCC1. The molecule has 0 aromatic rings. The van der Waals surface area contributed by atoms with Gasteiger partial charge in [-0.1, -0.05) is 6.92 Å². The van der Waals surface area contributed by atoms with E-state index in [9.17, 15) is 0 Å². The molecule has 0 aromatic carbocycles. The van der Waals surface area contributed by atoms with Gasteiger partial charge >= 0.3 is 0 Å². The molecule has 2 atom stereocenters. The van der Waals surface area contributed by atoms with Gasteiger partial charge in [-0.2, -0.15) is 0 Å². The first-order valence-electron chi connectivity index (χ1n) is 7.82. The van der Waals surface area contributed by atoms with Crippen LogP contribution in [0.5, 0.6) is 0 Å². The van der Waals surface area contributed by atoms with Gasteiger partial charge in [-0.25, -0.2) is 0 Å². The summed E-state index contributed by atoms with van der Waals surface area (Å²) in [6, 6.07) is 0.623. The summed E-state index contributed by atoms with van der Waals surface area (Å²) in [5.74, 6) is 1.49. The van der Waals surface area contributed by atoms with Gasteiger partial charge in [0.2, 0.25) is 0 Å². The van der Waals surface area contributed by atoms with Crippen LogP contribution in [0.25, 0.3) is 0 Å². The van der Waals surface area contributed by atoms with Gasteiger partial charge in [-0.05, 0) is 66.0 Å². The zero-order chi connectivity index (χ0) is 14.5. The summed E-state index contributed by atoms with van der Waals surface area (Å²) in [7, 11) is 2.27. The normalized spacial score (nSPS) is 21.6. The van der Waals surface area contributed by atoms with E-state index in [4.69, 9.17) is 4.74 Å². The van der Waals surface area contributed by atoms with Crippen LogP contribution in [0.1, 0.15) is 47.5 Å². The van der Waals surface area contributed by atoms with Crippen LogP contribution in [0.3, 0.4) is 0 Å². The molecular weight excluding hydrogens is 236 g/mol. The Morgan fingerprint density at radius 3 is 2.32 bits per heavy atom. The van der Waals surface area contributed by atoms with Gasteiger partial charge in [-0.3, -0.25) is 0 Å². The predicted octanol–water partition coefficient (Wildman–Crippen LogP) is 2.76. The molecule has 2 unspecified atom stereocenters. The minimum atomic E-state index is 0.216. The Bertz CT molecular complexity index is 244. The molecular formula is C16H34N2O. The van der Waals surface area contributed by atoms with E-state index in [0.29, 0.717) is 12.0 Å². The Morgan fingerprint density at radius 1 is 1.21 bits per heavy atom. The fourth-order valence-corrected chi connectivity index (χ4v) is 2.57. The first-order chi connectivity index (χ1) is 8.79. The zero-order valence-electron chi connectivity index (χ0n) is 13.8. The largest absolute Gasteiger partial charge is 0.381 e. The van der Waals surface area contributed by atoms with Crippen molar-refractivity contribution < 1.29 is 4.74 Å². The van der Waals surface area contributed by atoms with E-state index >= 15 is 0 Å². The molecule has 114 valence electrons. The van der Waals surface area contributed by atoms with E-state index in [1.807, 2.05) is 0 Å². The van der Waals surface area contributed by atoms with Gasteiger partial charge < -0.3 is 15.0 Å². The van der Waals surface area contributed by atoms with Crippen molar-refractivity contribution >= 4 is 0 Å². The molecule has 1 aliphatic heterocycles. The van der Waals surface area contributed by atoms with E-state index in [2.05, 4.69) is 51.9 Å². The lowest BCUT2D eigenvalue weighted by atomic mass is 9.96. The van der Waals surface area contributed by atoms with Gasteiger partial charge in [0.05, 0.1) is 0 Å². The summed E-state index contributed by atoms with van der Waals surface area (Å²) in [6.45, 7) is 15.6. The number of rotatable bonds is 6. The molecule has 0 bridgehead atoms. The highest BCUT2D eigenvalue weighted by Crippen LogP contribution is 2.18. The molecule has 1 rings (SSSR count). The van der Waals surface area contributed by atoms with Crippen LogP contribution in [0, 0.1) is 11.8 Å². The maximum Gasteiger partial charge on any atom is 0.0469 e. The van der Waals surface area contributed by atoms with Gasteiger partial charge in [0.1, 0.15) is 0 Å². The molecule has 3 heteroatoms. The molecule has 1 saturated heterocycles. The van der Waals surface area contributed by atoms with Crippen molar-refractivity contribution in [3.8, 4) is 0 Å². The van der Waals surface area contributed by atoms with Crippen molar-refractivity contribution in [1.82, 2.24) is 10.2 Å². The monoisotopic (exact) mass is 270 g/mol. The first-order valence-corrected chi connectivity index (χ1v) is 7.82. The molecule has 1 fully saturated rings. The molecule has 3 nitrogen and oxygen atoms in total. The highest BCUT2D eigenvalue weighted by Gasteiger charge is 2.22. The molecule has 0 spiro atoms. The van der Waals surface area contributed by atoms with E-state index in [-0.39, 0.29) is 5.54 Å². The number of nitrogens with zero attached hydrogens (tertiary/aromatic N) is 1. The molecule has 0 saturated carbocycles. The van der Waals surface area contributed by atoms with Crippen molar-refractivity contribution in [1.29, 1.82) is 0 Å². The van der Waals surface area contributed by atoms with Crippen molar-refractivity contribution in [3.63, 3.8) is 0 Å². The fraction of sp³-hybridized carbons (Fsp3) is 1.00. The summed E-state index contributed by atoms with van der Waals surface area (Å²) in [6.07, 6.45) is 2.46. The highest BCUT2D eigenvalue weighted by molar-refractivity contribution is 4.78. The standard InChI is InChI=1S/C16H34N2O/c1-13(11-17-16(3,4)5)14(2)18(6)12-15-7-9-19-10-8-15/h13-15,17H,7-12H2,1-6H3. The Balaban J connectivity index is 2.31. The van der Waals surface area contributed by atoms with Crippen LogP contribution in [-0.4, -0.2) is 49.8 Å². The Kier molecular flexibility index (Phi) is 6.78. The number of nitrogens with one attached hydrogen (secondary N) is 1. The summed E-state index contributed by atoms with van der Waals surface area (Å²) >= 11 is 0. The third kappa shape index (κ3) is 6.73. The smallest absolute Gasteiger partial charge is 0.0469 e. The quantitative estimate of drug-likeness (QED) is 0.803. The Morgan fingerprint density at radius 2 is 1.79 bits per heavy atom. The summed E-state index contributed by atoms with van der Waals surface area (Å²) in [4.78, 5) is 2.53. The highest BCUT2D eigenvalue weighted by atomic mass is 16.5. The average Bonchev–Trinajstić information content (AvgIpc) is 2.35. The van der Waals surface area contributed by atoms with Crippen molar-refractivity contribution in [2.45, 2.75) is 59.0 Å². The number of ether oxygens (including phenoxy) is 1. The Hall–Kier alpha value is -0.120. The van der Waals surface area contributed by atoms with Crippen LogP contribution in [-0.2, 0) is 4.74 Å². The molecule has 0 aromatic heterocycles. The van der Waals surface area contributed by atoms with Gasteiger partial charge in [0, 0.05) is 31.3 Å². The molecule has 1 N–H and O–H groups in total.